The van der Waals surface area contributed by atoms with Gasteiger partial charge in [-0.3, -0.25) is 4.90 Å². The maximum Gasteiger partial charge on any atom is 0.333 e. The maximum absolute atomic E-state index is 9.21. The van der Waals surface area contributed by atoms with Crippen molar-refractivity contribution >= 4 is 8.56 Å². The second kappa shape index (κ2) is 42.9. The van der Waals surface area contributed by atoms with Crippen LogP contribution in [0, 0.1) is 0 Å². The van der Waals surface area contributed by atoms with E-state index in [0.717, 1.165) is 64.7 Å². The van der Waals surface area contributed by atoms with Gasteiger partial charge in [-0.1, -0.05) is 174 Å². The van der Waals surface area contributed by atoms with E-state index >= 15 is 0 Å². The molecule has 0 aromatic carbocycles. The second-order valence-corrected chi connectivity index (χ2v) is 19.7. The number of unbranched alkanes of at least 4 members (excludes halogenated alkanes) is 27. The predicted molar refractivity (Wildman–Crippen MR) is 233 cm³/mol. The van der Waals surface area contributed by atoms with Crippen LogP contribution in [-0.2, 0) is 13.6 Å². The fourth-order valence-electron chi connectivity index (χ4n) is 7.15. The van der Waals surface area contributed by atoms with Gasteiger partial charge in [0.1, 0.15) is 6.29 Å². The molecule has 0 aliphatic heterocycles. The van der Waals surface area contributed by atoms with E-state index in [0.29, 0.717) is 13.1 Å². The van der Waals surface area contributed by atoms with E-state index in [1.165, 1.54) is 161 Å². The minimum Gasteiger partial charge on any atom is -0.395 e. The van der Waals surface area contributed by atoms with Crippen molar-refractivity contribution in [3.05, 3.63) is 12.2 Å². The van der Waals surface area contributed by atoms with Crippen molar-refractivity contribution in [3.8, 4) is 0 Å². The number of rotatable bonds is 45. The van der Waals surface area contributed by atoms with Crippen molar-refractivity contribution < 1.29 is 23.8 Å². The highest BCUT2D eigenvalue weighted by molar-refractivity contribution is 6.64. The van der Waals surface area contributed by atoms with Crippen LogP contribution in [0.25, 0.3) is 0 Å². The minimum absolute atomic E-state index is 0.146. The average Bonchev–Trinajstić information content (AvgIpc) is 3.14. The van der Waals surface area contributed by atoms with E-state index in [-0.39, 0.29) is 19.5 Å². The van der Waals surface area contributed by atoms with Crippen LogP contribution in [-0.4, -0.2) is 76.0 Å². The first-order valence-corrected chi connectivity index (χ1v) is 26.3. The van der Waals surface area contributed by atoms with Crippen molar-refractivity contribution in [2.24, 2.45) is 0 Å². The van der Waals surface area contributed by atoms with Crippen LogP contribution in [0.1, 0.15) is 219 Å². The molecule has 0 fully saturated rings. The third-order valence-corrected chi connectivity index (χ3v) is 12.3. The number of allylic oxidation sites excluding steroid dienone is 2. The largest absolute Gasteiger partial charge is 0.395 e. The molecule has 0 radical (unpaired) electrons. The first-order valence-electron chi connectivity index (χ1n) is 23.5. The van der Waals surface area contributed by atoms with Gasteiger partial charge in [0.15, 0.2) is 0 Å². The Morgan fingerprint density at radius 2 is 0.868 bits per heavy atom. The topological polar surface area (TPSA) is 71.4 Å². The summed E-state index contributed by atoms with van der Waals surface area (Å²) in [5.41, 5.74) is 0. The van der Waals surface area contributed by atoms with E-state index in [1.807, 2.05) is 0 Å². The van der Waals surface area contributed by atoms with Crippen LogP contribution >= 0.6 is 0 Å². The Hall–Kier alpha value is -0.283. The highest BCUT2D eigenvalue weighted by atomic mass is 28.4. The molecule has 0 aromatic rings. The number of ether oxygens (including phenoxy) is 1. The van der Waals surface area contributed by atoms with Crippen molar-refractivity contribution in [3.63, 3.8) is 0 Å². The van der Waals surface area contributed by atoms with E-state index < -0.39 is 8.56 Å². The molecule has 0 heterocycles. The van der Waals surface area contributed by atoms with Gasteiger partial charge in [0, 0.05) is 26.3 Å². The quantitative estimate of drug-likeness (QED) is 0.0278. The van der Waals surface area contributed by atoms with Gasteiger partial charge in [0.25, 0.3) is 0 Å². The summed E-state index contributed by atoms with van der Waals surface area (Å²) < 4.78 is 19.4. The standard InChI is InChI=1S/C46H95NO5Si/c1-5-7-9-11-13-15-17-19-21-22-24-26-28-30-34-38-46(50-44-36-32-29-27-25-23-20-18-16-14-12-10-8-6-2)52-53(3,4)51-45-37-33-31-35-39-47(40-42-48)41-43-49/h19,21,46,48-49H,5-18,20,22-45H2,1-4H3/b21-19-. The summed E-state index contributed by atoms with van der Waals surface area (Å²) in [4.78, 5) is 2.13. The third-order valence-electron chi connectivity index (χ3n) is 10.6. The van der Waals surface area contributed by atoms with Gasteiger partial charge >= 0.3 is 8.56 Å². The third kappa shape index (κ3) is 41.2. The van der Waals surface area contributed by atoms with Gasteiger partial charge < -0.3 is 23.8 Å². The lowest BCUT2D eigenvalue weighted by molar-refractivity contribution is -0.104. The molecule has 6 nitrogen and oxygen atoms in total. The van der Waals surface area contributed by atoms with Gasteiger partial charge in [-0.25, -0.2) is 0 Å². The summed E-state index contributed by atoms with van der Waals surface area (Å²) in [5, 5.41) is 18.4. The Balaban J connectivity index is 4.32. The second-order valence-electron chi connectivity index (χ2n) is 16.3. The molecule has 7 heteroatoms. The van der Waals surface area contributed by atoms with Crippen molar-refractivity contribution in [1.82, 2.24) is 4.90 Å². The Kier molecular flexibility index (Phi) is 42.6. The molecule has 0 saturated heterocycles. The molecule has 0 rings (SSSR count). The number of hydrogen-bond donors (Lipinski definition) is 2. The number of aliphatic hydroxyl groups is 2. The van der Waals surface area contributed by atoms with Crippen molar-refractivity contribution in [1.29, 1.82) is 0 Å². The molecule has 0 aliphatic rings. The molecule has 318 valence electrons. The Bertz CT molecular complexity index is 718. The Labute approximate surface area is 333 Å². The van der Waals surface area contributed by atoms with Crippen LogP contribution in [0.4, 0.5) is 0 Å². The van der Waals surface area contributed by atoms with Crippen LogP contribution in [0.5, 0.6) is 0 Å². The summed E-state index contributed by atoms with van der Waals surface area (Å²) in [6, 6.07) is 0. The molecule has 0 aliphatic carbocycles. The summed E-state index contributed by atoms with van der Waals surface area (Å²) in [5.74, 6) is 0. The van der Waals surface area contributed by atoms with E-state index in [9.17, 15) is 10.2 Å². The molecular formula is C46H95NO5Si. The molecule has 0 spiro atoms. The lowest BCUT2D eigenvalue weighted by atomic mass is 10.0. The highest BCUT2D eigenvalue weighted by Crippen LogP contribution is 2.19. The molecule has 0 saturated carbocycles. The Morgan fingerprint density at radius 1 is 0.472 bits per heavy atom. The first-order chi connectivity index (χ1) is 26.0. The van der Waals surface area contributed by atoms with E-state index in [1.54, 1.807) is 0 Å². The summed E-state index contributed by atoms with van der Waals surface area (Å²) >= 11 is 0. The molecule has 1 unspecified atom stereocenters. The summed E-state index contributed by atoms with van der Waals surface area (Å²) in [7, 11) is -2.29. The first kappa shape index (κ1) is 52.7. The number of hydrogen-bond acceptors (Lipinski definition) is 6. The Morgan fingerprint density at radius 3 is 1.34 bits per heavy atom. The van der Waals surface area contributed by atoms with Gasteiger partial charge in [0.2, 0.25) is 0 Å². The summed E-state index contributed by atoms with van der Waals surface area (Å²) in [6.07, 6.45) is 46.4. The lowest BCUT2D eigenvalue weighted by Gasteiger charge is -2.29. The van der Waals surface area contributed by atoms with Gasteiger partial charge in [-0.2, -0.15) is 0 Å². The molecular weight excluding hydrogens is 675 g/mol. The SMILES string of the molecule is CCCCCCCC/C=C\CCCCCCCC(OCCCCCCCCCCCCCCCC)O[Si](C)(C)OCCCCCCN(CCO)CCO. The van der Waals surface area contributed by atoms with E-state index in [2.05, 4.69) is 44.0 Å². The van der Waals surface area contributed by atoms with Crippen molar-refractivity contribution in [2.45, 2.75) is 239 Å². The highest BCUT2D eigenvalue weighted by Gasteiger charge is 2.29. The zero-order valence-corrected chi connectivity index (χ0v) is 37.4. The fraction of sp³-hybridized carbons (Fsp3) is 0.957. The maximum atomic E-state index is 9.21. The van der Waals surface area contributed by atoms with Crippen molar-refractivity contribution in [2.75, 3.05) is 46.1 Å². The summed E-state index contributed by atoms with van der Waals surface area (Å²) in [6.45, 7) is 13.0. The number of nitrogens with zero attached hydrogens (tertiary/aromatic N) is 1. The zero-order valence-electron chi connectivity index (χ0n) is 36.4. The molecule has 0 amide bonds. The minimum atomic E-state index is -2.29. The van der Waals surface area contributed by atoms with Crippen LogP contribution in [0.2, 0.25) is 13.1 Å². The predicted octanol–water partition coefficient (Wildman–Crippen LogP) is 13.4. The van der Waals surface area contributed by atoms with Crippen LogP contribution in [0.3, 0.4) is 0 Å². The molecule has 0 bridgehead atoms. The smallest absolute Gasteiger partial charge is 0.333 e. The average molecular weight is 770 g/mol. The van der Waals surface area contributed by atoms with Gasteiger partial charge in [-0.05, 0) is 77.4 Å². The molecule has 1 atom stereocenters. The zero-order chi connectivity index (χ0) is 38.8. The van der Waals surface area contributed by atoms with Crippen LogP contribution in [0.15, 0.2) is 12.2 Å². The molecule has 2 N–H and O–H groups in total. The monoisotopic (exact) mass is 770 g/mol. The van der Waals surface area contributed by atoms with E-state index in [4.69, 9.17) is 13.6 Å². The lowest BCUT2D eigenvalue weighted by Crippen LogP contribution is -2.40. The normalized spacial score (nSPS) is 12.9. The molecule has 53 heavy (non-hydrogen) atoms. The van der Waals surface area contributed by atoms with Gasteiger partial charge in [-0.15, -0.1) is 0 Å². The van der Waals surface area contributed by atoms with Gasteiger partial charge in [0.05, 0.1) is 13.2 Å². The molecule has 0 aromatic heterocycles. The fourth-order valence-corrected chi connectivity index (χ4v) is 8.67. The number of aliphatic hydroxyl groups excluding tert-OH is 2. The van der Waals surface area contributed by atoms with Crippen LogP contribution < -0.4 is 0 Å².